The van der Waals surface area contributed by atoms with Crippen LogP contribution in [0.4, 0.5) is 17.1 Å². The summed E-state index contributed by atoms with van der Waals surface area (Å²) in [6.07, 6.45) is 3.74. The zero-order chi connectivity index (χ0) is 27.8. The number of non-ortho nitro benzene ring substituents is 1. The van der Waals surface area contributed by atoms with Crippen LogP contribution in [0, 0.1) is 10.1 Å². The van der Waals surface area contributed by atoms with Crippen LogP contribution in [0.1, 0.15) is 29.3 Å². The van der Waals surface area contributed by atoms with Crippen LogP contribution < -0.4 is 15.0 Å². The number of nitro groups is 1. The maximum absolute atomic E-state index is 12.9. The molecule has 39 heavy (non-hydrogen) atoms. The second-order valence-electron chi connectivity index (χ2n) is 8.99. The Hall–Kier alpha value is -4.37. The molecule has 1 heterocycles. The first kappa shape index (κ1) is 27.7. The van der Waals surface area contributed by atoms with Gasteiger partial charge < -0.3 is 19.9 Å². The van der Waals surface area contributed by atoms with Crippen LogP contribution >= 0.6 is 11.6 Å². The van der Waals surface area contributed by atoms with E-state index in [1.54, 1.807) is 36.4 Å². The molecule has 0 radical (unpaired) electrons. The number of rotatable bonds is 9. The van der Waals surface area contributed by atoms with Crippen LogP contribution in [0.15, 0.2) is 72.8 Å². The molecular weight excluding hydrogens is 520 g/mol. The quantitative estimate of drug-likeness (QED) is 0.210. The Kier molecular flexibility index (Phi) is 9.17. The van der Waals surface area contributed by atoms with Gasteiger partial charge >= 0.3 is 0 Å². The highest BCUT2D eigenvalue weighted by Crippen LogP contribution is 2.30. The molecule has 1 aliphatic heterocycles. The van der Waals surface area contributed by atoms with Crippen molar-refractivity contribution in [2.45, 2.75) is 13.3 Å². The van der Waals surface area contributed by atoms with Crippen molar-refractivity contribution in [3.05, 3.63) is 99.1 Å². The van der Waals surface area contributed by atoms with Gasteiger partial charge in [-0.15, -0.1) is 0 Å². The fraction of sp³-hybridized carbons (Fsp3) is 0.241. The number of halogens is 1. The molecule has 202 valence electrons. The minimum Gasteiger partial charge on any atom is -0.494 e. The van der Waals surface area contributed by atoms with E-state index in [-0.39, 0.29) is 17.5 Å². The van der Waals surface area contributed by atoms with E-state index in [4.69, 9.17) is 16.3 Å². The van der Waals surface area contributed by atoms with E-state index in [0.29, 0.717) is 54.6 Å². The van der Waals surface area contributed by atoms with Crippen molar-refractivity contribution in [1.82, 2.24) is 4.90 Å². The number of ether oxygens (including phenoxy) is 1. The number of amides is 2. The lowest BCUT2D eigenvalue weighted by Gasteiger charge is -2.36. The Morgan fingerprint density at radius 2 is 1.79 bits per heavy atom. The predicted molar refractivity (Wildman–Crippen MR) is 153 cm³/mol. The fourth-order valence-corrected chi connectivity index (χ4v) is 4.49. The van der Waals surface area contributed by atoms with Gasteiger partial charge in [-0.1, -0.05) is 30.7 Å². The topological polar surface area (TPSA) is 105 Å². The summed E-state index contributed by atoms with van der Waals surface area (Å²) in [5, 5.41) is 14.1. The maximum atomic E-state index is 12.9. The average molecular weight is 549 g/mol. The highest BCUT2D eigenvalue weighted by Gasteiger charge is 2.23. The number of nitrogens with one attached hydrogen (secondary N) is 1. The third kappa shape index (κ3) is 7.36. The molecule has 0 bridgehead atoms. The average Bonchev–Trinajstić information content (AvgIpc) is 2.95. The molecule has 0 atom stereocenters. The van der Waals surface area contributed by atoms with E-state index in [1.165, 1.54) is 24.3 Å². The van der Waals surface area contributed by atoms with Crippen molar-refractivity contribution in [3.8, 4) is 5.75 Å². The third-order valence-corrected chi connectivity index (χ3v) is 6.51. The molecule has 9 nitrogen and oxygen atoms in total. The van der Waals surface area contributed by atoms with E-state index in [2.05, 4.69) is 10.2 Å². The number of benzene rings is 3. The second-order valence-corrected chi connectivity index (χ2v) is 9.40. The van der Waals surface area contributed by atoms with Crippen LogP contribution in [-0.4, -0.2) is 54.4 Å². The number of carbonyl (C=O) groups is 2. The van der Waals surface area contributed by atoms with Crippen molar-refractivity contribution < 1.29 is 19.2 Å². The Labute approximate surface area is 231 Å². The number of piperazine rings is 1. The van der Waals surface area contributed by atoms with Crippen LogP contribution in [-0.2, 0) is 4.79 Å². The second kappa shape index (κ2) is 12.9. The van der Waals surface area contributed by atoms with Gasteiger partial charge in [-0.3, -0.25) is 19.7 Å². The summed E-state index contributed by atoms with van der Waals surface area (Å²) >= 11 is 6.54. The zero-order valence-electron chi connectivity index (χ0n) is 21.5. The first-order valence-corrected chi connectivity index (χ1v) is 13.0. The standard InChI is InChI=1S/C29H29ClN4O5/c1-2-18-39-25-10-7-22(8-11-25)29(36)33-16-14-32(15-17-33)27-12-9-23(20-26(27)30)31-28(35)13-6-21-4-3-5-24(19-21)34(37)38/h3-13,19-20H,2,14-18H2,1H3,(H,31,35)/b13-6+. The molecule has 0 spiro atoms. The summed E-state index contributed by atoms with van der Waals surface area (Å²) in [5.74, 6) is 0.354. The van der Waals surface area contributed by atoms with Gasteiger partial charge in [-0.05, 0) is 60.5 Å². The molecule has 2 amide bonds. The summed E-state index contributed by atoms with van der Waals surface area (Å²) in [4.78, 5) is 39.7. The van der Waals surface area contributed by atoms with Crippen molar-refractivity contribution in [2.75, 3.05) is 43.0 Å². The van der Waals surface area contributed by atoms with Crippen LogP contribution in [0.2, 0.25) is 5.02 Å². The fourth-order valence-electron chi connectivity index (χ4n) is 4.19. The monoisotopic (exact) mass is 548 g/mol. The van der Waals surface area contributed by atoms with Gasteiger partial charge in [-0.25, -0.2) is 0 Å². The smallest absolute Gasteiger partial charge is 0.270 e. The number of nitro benzene ring substituents is 1. The van der Waals surface area contributed by atoms with Gasteiger partial charge in [0, 0.05) is 55.6 Å². The SMILES string of the molecule is CCCOc1ccc(C(=O)N2CCN(c3ccc(NC(=O)/C=C/c4cccc([N+](=O)[O-])c4)cc3Cl)CC2)cc1. The van der Waals surface area contributed by atoms with E-state index in [9.17, 15) is 19.7 Å². The van der Waals surface area contributed by atoms with Crippen LogP contribution in [0.5, 0.6) is 5.75 Å². The molecule has 1 saturated heterocycles. The summed E-state index contributed by atoms with van der Waals surface area (Å²) in [5.41, 5.74) is 2.48. The Bertz CT molecular complexity index is 1370. The molecule has 4 rings (SSSR count). The molecular formula is C29H29ClN4O5. The third-order valence-electron chi connectivity index (χ3n) is 6.21. The number of hydrogen-bond donors (Lipinski definition) is 1. The summed E-state index contributed by atoms with van der Waals surface area (Å²) in [6.45, 7) is 5.06. The normalized spacial score (nSPS) is 13.4. The Morgan fingerprint density at radius 1 is 1.05 bits per heavy atom. The highest BCUT2D eigenvalue weighted by molar-refractivity contribution is 6.33. The summed E-state index contributed by atoms with van der Waals surface area (Å²) < 4.78 is 5.59. The van der Waals surface area contributed by atoms with E-state index < -0.39 is 4.92 Å². The van der Waals surface area contributed by atoms with Gasteiger partial charge in [0.2, 0.25) is 5.91 Å². The number of anilines is 2. The molecule has 10 heteroatoms. The maximum Gasteiger partial charge on any atom is 0.270 e. The van der Waals surface area contributed by atoms with Crippen molar-refractivity contribution >= 4 is 46.6 Å². The molecule has 1 aliphatic rings. The van der Waals surface area contributed by atoms with Gasteiger partial charge in [-0.2, -0.15) is 0 Å². The van der Waals surface area contributed by atoms with Crippen molar-refractivity contribution in [2.24, 2.45) is 0 Å². The number of hydrogen-bond acceptors (Lipinski definition) is 6. The molecule has 3 aromatic carbocycles. The molecule has 3 aromatic rings. The molecule has 0 aliphatic carbocycles. The van der Waals surface area contributed by atoms with Crippen LogP contribution in [0.25, 0.3) is 6.08 Å². The Balaban J connectivity index is 1.31. The minimum absolute atomic E-state index is 0.0148. The Morgan fingerprint density at radius 3 is 2.46 bits per heavy atom. The molecule has 0 unspecified atom stereocenters. The lowest BCUT2D eigenvalue weighted by atomic mass is 10.1. The zero-order valence-corrected chi connectivity index (χ0v) is 22.3. The van der Waals surface area contributed by atoms with Gasteiger partial charge in [0.15, 0.2) is 0 Å². The minimum atomic E-state index is -0.485. The van der Waals surface area contributed by atoms with Crippen molar-refractivity contribution in [1.29, 1.82) is 0 Å². The van der Waals surface area contributed by atoms with E-state index in [1.807, 2.05) is 30.0 Å². The number of carbonyl (C=O) groups excluding carboxylic acids is 2. The summed E-state index contributed by atoms with van der Waals surface area (Å²) in [7, 11) is 0. The first-order valence-electron chi connectivity index (χ1n) is 12.6. The molecule has 1 N–H and O–H groups in total. The van der Waals surface area contributed by atoms with Gasteiger partial charge in [0.25, 0.3) is 11.6 Å². The van der Waals surface area contributed by atoms with Crippen molar-refractivity contribution in [3.63, 3.8) is 0 Å². The molecule has 0 saturated carbocycles. The number of nitrogens with zero attached hydrogens (tertiary/aromatic N) is 3. The summed E-state index contributed by atoms with van der Waals surface area (Å²) in [6, 6.07) is 18.5. The molecule has 0 aromatic heterocycles. The lowest BCUT2D eigenvalue weighted by Crippen LogP contribution is -2.48. The largest absolute Gasteiger partial charge is 0.494 e. The van der Waals surface area contributed by atoms with Gasteiger partial charge in [0.1, 0.15) is 5.75 Å². The van der Waals surface area contributed by atoms with Crippen LogP contribution in [0.3, 0.4) is 0 Å². The lowest BCUT2D eigenvalue weighted by molar-refractivity contribution is -0.384. The predicted octanol–water partition coefficient (Wildman–Crippen LogP) is 5.65. The highest BCUT2D eigenvalue weighted by atomic mass is 35.5. The van der Waals surface area contributed by atoms with E-state index in [0.717, 1.165) is 17.9 Å². The first-order chi connectivity index (χ1) is 18.8. The van der Waals surface area contributed by atoms with E-state index >= 15 is 0 Å². The van der Waals surface area contributed by atoms with Gasteiger partial charge in [0.05, 0.1) is 22.2 Å². The molecule has 1 fully saturated rings.